The lowest BCUT2D eigenvalue weighted by molar-refractivity contribution is 0.506. The van der Waals surface area contributed by atoms with E-state index in [4.69, 9.17) is 10.5 Å². The van der Waals surface area contributed by atoms with Crippen LogP contribution in [0.2, 0.25) is 0 Å². The summed E-state index contributed by atoms with van der Waals surface area (Å²) in [7, 11) is 0. The van der Waals surface area contributed by atoms with Crippen molar-refractivity contribution in [1.82, 2.24) is 9.97 Å². The number of rotatable bonds is 0. The fraction of sp³-hybridized carbons (Fsp3) is 0.0588. The van der Waals surface area contributed by atoms with Crippen molar-refractivity contribution >= 4 is 22.1 Å². The second-order valence-corrected chi connectivity index (χ2v) is 5.13. The first kappa shape index (κ1) is 16.6. The first-order valence-corrected chi connectivity index (χ1v) is 6.86. The van der Waals surface area contributed by atoms with E-state index in [1.54, 1.807) is 12.1 Å². The van der Waals surface area contributed by atoms with E-state index < -0.39 is 45.2 Å². The van der Waals surface area contributed by atoms with Gasteiger partial charge in [0.25, 0.3) is 0 Å². The summed E-state index contributed by atoms with van der Waals surface area (Å²) in [6, 6.07) is 6.16. The summed E-state index contributed by atoms with van der Waals surface area (Å²) in [5.74, 6) is -4.19. The van der Waals surface area contributed by atoms with E-state index in [0.717, 1.165) is 0 Å². The molecule has 0 aliphatic carbocycles. The van der Waals surface area contributed by atoms with Crippen LogP contribution in [0.15, 0.2) is 0 Å². The fourth-order valence-electron chi connectivity index (χ4n) is 2.58. The van der Waals surface area contributed by atoms with Crippen LogP contribution in [-0.2, 0) is 0 Å². The minimum atomic E-state index is -1.60. The molecule has 0 spiro atoms. The van der Waals surface area contributed by atoms with Crippen molar-refractivity contribution < 1.29 is 13.2 Å². The van der Waals surface area contributed by atoms with Crippen LogP contribution in [0.5, 0.6) is 0 Å². The zero-order chi connectivity index (χ0) is 19.2. The van der Waals surface area contributed by atoms with Gasteiger partial charge in [-0.3, -0.25) is 0 Å². The summed E-state index contributed by atoms with van der Waals surface area (Å²) in [5.41, 5.74) is -4.23. The van der Waals surface area contributed by atoms with Gasteiger partial charge in [0.2, 0.25) is 0 Å². The Labute approximate surface area is 143 Å². The SMILES string of the molecule is Cc1c(F)c(C#N)c2nc3c(C#N)c(F)c(F)c(C#N)c3nc2c1C#N. The van der Waals surface area contributed by atoms with E-state index in [9.17, 15) is 23.7 Å². The highest BCUT2D eigenvalue weighted by molar-refractivity contribution is 5.97. The van der Waals surface area contributed by atoms with Gasteiger partial charge >= 0.3 is 0 Å². The second kappa shape index (κ2) is 5.70. The molecule has 0 bridgehead atoms. The molecule has 3 rings (SSSR count). The monoisotopic (exact) mass is 348 g/mol. The maximum absolute atomic E-state index is 14.4. The Kier molecular flexibility index (Phi) is 3.65. The average molecular weight is 348 g/mol. The van der Waals surface area contributed by atoms with Crippen LogP contribution in [0.3, 0.4) is 0 Å². The van der Waals surface area contributed by atoms with E-state index in [1.165, 1.54) is 19.1 Å². The molecule has 122 valence electrons. The van der Waals surface area contributed by atoms with E-state index in [0.29, 0.717) is 0 Å². The highest BCUT2D eigenvalue weighted by Gasteiger charge is 2.26. The quantitative estimate of drug-likeness (QED) is 0.576. The number of halogens is 3. The summed E-state index contributed by atoms with van der Waals surface area (Å²) in [5, 5.41) is 36.7. The molecule has 0 saturated carbocycles. The van der Waals surface area contributed by atoms with Crippen LogP contribution in [0.4, 0.5) is 13.2 Å². The molecule has 0 unspecified atom stereocenters. The molecule has 0 radical (unpaired) electrons. The van der Waals surface area contributed by atoms with E-state index in [1.807, 2.05) is 0 Å². The first-order valence-electron chi connectivity index (χ1n) is 6.86. The van der Waals surface area contributed by atoms with Crippen molar-refractivity contribution in [2.24, 2.45) is 0 Å². The third-order valence-electron chi connectivity index (χ3n) is 3.85. The molecule has 0 fully saturated rings. The molecule has 0 atom stereocenters. The van der Waals surface area contributed by atoms with Gasteiger partial charge in [0, 0.05) is 5.56 Å². The lowest BCUT2D eigenvalue weighted by Gasteiger charge is -2.10. The average Bonchev–Trinajstić information content (AvgIpc) is 2.64. The van der Waals surface area contributed by atoms with Gasteiger partial charge in [0.1, 0.15) is 68.9 Å². The maximum atomic E-state index is 14.4. The van der Waals surface area contributed by atoms with Gasteiger partial charge in [-0.15, -0.1) is 0 Å². The van der Waals surface area contributed by atoms with Crippen LogP contribution in [0.1, 0.15) is 27.8 Å². The van der Waals surface area contributed by atoms with Crippen molar-refractivity contribution in [1.29, 1.82) is 21.0 Å². The predicted molar refractivity (Wildman–Crippen MR) is 80.5 cm³/mol. The standard InChI is InChI=1S/C17H3F3N6/c1-6-7(2-21)14-15(8(3-22)11(6)18)26-17-10(5-24)13(20)12(19)9(4-23)16(17)25-14/h1H3. The van der Waals surface area contributed by atoms with Gasteiger partial charge in [-0.2, -0.15) is 21.0 Å². The number of nitrogens with zero attached hydrogens (tertiary/aromatic N) is 6. The number of benzene rings is 2. The molecule has 0 N–H and O–H groups in total. The van der Waals surface area contributed by atoms with Crippen LogP contribution >= 0.6 is 0 Å². The molecule has 2 aromatic carbocycles. The van der Waals surface area contributed by atoms with Gasteiger partial charge in [-0.25, -0.2) is 23.1 Å². The molecule has 0 aliphatic rings. The fourth-order valence-corrected chi connectivity index (χ4v) is 2.58. The zero-order valence-corrected chi connectivity index (χ0v) is 12.8. The summed E-state index contributed by atoms with van der Waals surface area (Å²) >= 11 is 0. The number of aromatic nitrogens is 2. The van der Waals surface area contributed by atoms with Crippen LogP contribution in [0, 0.1) is 69.7 Å². The highest BCUT2D eigenvalue weighted by Crippen LogP contribution is 2.32. The smallest absolute Gasteiger partial charge is 0.180 e. The normalized spacial score (nSPS) is 10.2. The Bertz CT molecular complexity index is 1120. The molecule has 0 aliphatic heterocycles. The summed E-state index contributed by atoms with van der Waals surface area (Å²) in [6.07, 6.45) is 0. The zero-order valence-electron chi connectivity index (χ0n) is 12.8. The van der Waals surface area contributed by atoms with Gasteiger partial charge in [-0.1, -0.05) is 0 Å². The lowest BCUT2D eigenvalue weighted by Crippen LogP contribution is -2.05. The van der Waals surface area contributed by atoms with E-state index >= 15 is 0 Å². The molecule has 0 amide bonds. The van der Waals surface area contributed by atoms with Crippen LogP contribution in [-0.4, -0.2) is 9.97 Å². The topological polar surface area (TPSA) is 121 Å². The van der Waals surface area contributed by atoms with Crippen molar-refractivity contribution in [2.75, 3.05) is 0 Å². The molecule has 9 heteroatoms. The number of nitriles is 4. The Balaban J connectivity index is 2.77. The summed E-state index contributed by atoms with van der Waals surface area (Å²) < 4.78 is 42.5. The molecule has 6 nitrogen and oxygen atoms in total. The molecule has 3 aromatic rings. The molecule has 1 aromatic heterocycles. The van der Waals surface area contributed by atoms with Crippen molar-refractivity contribution in [3.05, 3.63) is 45.3 Å². The van der Waals surface area contributed by atoms with E-state index in [2.05, 4.69) is 9.97 Å². The van der Waals surface area contributed by atoms with Crippen LogP contribution in [0.25, 0.3) is 22.1 Å². The highest BCUT2D eigenvalue weighted by atomic mass is 19.2. The molecular formula is C17H3F3N6. The lowest BCUT2D eigenvalue weighted by atomic mass is 10.0. The number of hydrogen-bond acceptors (Lipinski definition) is 6. The Morgan fingerprint density at radius 2 is 0.885 bits per heavy atom. The third-order valence-corrected chi connectivity index (χ3v) is 3.85. The molecular weight excluding hydrogens is 345 g/mol. The van der Waals surface area contributed by atoms with E-state index in [-0.39, 0.29) is 22.2 Å². The van der Waals surface area contributed by atoms with Gasteiger partial charge < -0.3 is 0 Å². The maximum Gasteiger partial charge on any atom is 0.180 e. The molecule has 0 saturated heterocycles. The first-order chi connectivity index (χ1) is 12.4. The van der Waals surface area contributed by atoms with Gasteiger partial charge in [-0.05, 0) is 6.92 Å². The Morgan fingerprint density at radius 3 is 1.23 bits per heavy atom. The minimum absolute atomic E-state index is 0.174. The van der Waals surface area contributed by atoms with Crippen LogP contribution < -0.4 is 0 Å². The number of fused-ring (bicyclic) bond motifs is 2. The molecule has 26 heavy (non-hydrogen) atoms. The predicted octanol–water partition coefficient (Wildman–Crippen LogP) is 3.00. The van der Waals surface area contributed by atoms with Crippen molar-refractivity contribution in [3.8, 4) is 24.3 Å². The summed E-state index contributed by atoms with van der Waals surface area (Å²) in [4.78, 5) is 7.84. The largest absolute Gasteiger partial charge is 0.241 e. The Morgan fingerprint density at radius 1 is 0.577 bits per heavy atom. The Hall–Kier alpha value is -4.21. The number of hydrogen-bond donors (Lipinski definition) is 0. The van der Waals surface area contributed by atoms with Gasteiger partial charge in [0.15, 0.2) is 11.6 Å². The second-order valence-electron chi connectivity index (χ2n) is 5.13. The van der Waals surface area contributed by atoms with Crippen molar-refractivity contribution in [3.63, 3.8) is 0 Å². The minimum Gasteiger partial charge on any atom is -0.241 e. The van der Waals surface area contributed by atoms with Crippen molar-refractivity contribution in [2.45, 2.75) is 6.92 Å². The third kappa shape index (κ3) is 1.95. The summed E-state index contributed by atoms with van der Waals surface area (Å²) in [6.45, 7) is 1.25. The van der Waals surface area contributed by atoms with Gasteiger partial charge in [0.05, 0.1) is 5.56 Å². The molecule has 1 heterocycles.